The summed E-state index contributed by atoms with van der Waals surface area (Å²) in [6, 6.07) is -0.703. The summed E-state index contributed by atoms with van der Waals surface area (Å²) in [5, 5.41) is 23.8. The molecule has 3 atom stereocenters. The van der Waals surface area contributed by atoms with Crippen LogP contribution in [0, 0.1) is 0 Å². The number of carbonyl (C=O) groups is 2. The molecule has 0 saturated heterocycles. The van der Waals surface area contributed by atoms with Crippen LogP contribution in [-0.4, -0.2) is 46.9 Å². The highest BCUT2D eigenvalue weighted by molar-refractivity contribution is 5.77. The molecule has 0 aliphatic heterocycles. The number of aliphatic hydroxyl groups is 2. The molecule has 0 aromatic heterocycles. The van der Waals surface area contributed by atoms with Gasteiger partial charge in [0.1, 0.15) is 6.10 Å². The van der Waals surface area contributed by atoms with Gasteiger partial charge in [-0.05, 0) is 44.9 Å². The van der Waals surface area contributed by atoms with Gasteiger partial charge in [0, 0.05) is 6.42 Å². The Labute approximate surface area is 380 Å². The lowest BCUT2D eigenvalue weighted by atomic mass is 10.0. The van der Waals surface area contributed by atoms with E-state index in [1.54, 1.807) is 0 Å². The van der Waals surface area contributed by atoms with Crippen LogP contribution >= 0.6 is 0 Å². The second-order valence-corrected chi connectivity index (χ2v) is 19.0. The number of ether oxygens (including phenoxy) is 1. The van der Waals surface area contributed by atoms with E-state index < -0.39 is 18.2 Å². The Morgan fingerprint density at radius 1 is 0.459 bits per heavy atom. The van der Waals surface area contributed by atoms with Crippen molar-refractivity contribution in [1.29, 1.82) is 0 Å². The van der Waals surface area contributed by atoms with Crippen LogP contribution in [0.5, 0.6) is 0 Å². The van der Waals surface area contributed by atoms with Crippen molar-refractivity contribution in [1.82, 2.24) is 5.32 Å². The van der Waals surface area contributed by atoms with Crippen molar-refractivity contribution < 1.29 is 24.5 Å². The molecular formula is C55H107NO5. The standard InChI is InChI=1S/C55H107NO5/c1-4-7-10-13-16-19-22-25-26-27-28-30-32-35-38-41-44-47-53(58)52(50-57)56-54(59)49-51(46-43-40-37-34-31-24-21-18-15-12-9-6-3)61-55(60)48-45-42-39-36-33-29-23-20-17-14-11-8-5-2/h34,37,51-53,57-58H,4-33,35-36,38-50H2,1-3H3,(H,56,59)/b37-34-. The maximum absolute atomic E-state index is 13.2. The first-order chi connectivity index (χ1) is 30.0. The van der Waals surface area contributed by atoms with Crippen molar-refractivity contribution in [2.24, 2.45) is 0 Å². The first-order valence-corrected chi connectivity index (χ1v) is 27.4. The van der Waals surface area contributed by atoms with Crippen LogP contribution in [0.15, 0.2) is 12.2 Å². The van der Waals surface area contributed by atoms with E-state index in [0.29, 0.717) is 19.3 Å². The molecule has 6 nitrogen and oxygen atoms in total. The summed E-state index contributed by atoms with van der Waals surface area (Å²) in [4.78, 5) is 26.1. The van der Waals surface area contributed by atoms with Crippen LogP contribution in [-0.2, 0) is 14.3 Å². The number of aliphatic hydroxyl groups excluding tert-OH is 2. The van der Waals surface area contributed by atoms with Gasteiger partial charge in [0.25, 0.3) is 0 Å². The highest BCUT2D eigenvalue weighted by Crippen LogP contribution is 2.18. The Kier molecular flexibility index (Phi) is 48.5. The van der Waals surface area contributed by atoms with E-state index in [9.17, 15) is 19.8 Å². The number of carbonyl (C=O) groups excluding carboxylic acids is 2. The molecule has 0 fully saturated rings. The molecule has 1 amide bonds. The fourth-order valence-electron chi connectivity index (χ4n) is 8.67. The Bertz CT molecular complexity index is 924. The highest BCUT2D eigenvalue weighted by atomic mass is 16.5. The third-order valence-electron chi connectivity index (χ3n) is 12.8. The maximum atomic E-state index is 13.2. The maximum Gasteiger partial charge on any atom is 0.306 e. The zero-order valence-electron chi connectivity index (χ0n) is 41.3. The summed E-state index contributed by atoms with van der Waals surface area (Å²) >= 11 is 0. The van der Waals surface area contributed by atoms with Gasteiger partial charge in [-0.1, -0.05) is 258 Å². The van der Waals surface area contributed by atoms with Gasteiger partial charge in [-0.3, -0.25) is 9.59 Å². The molecule has 3 N–H and O–H groups in total. The number of hydrogen-bond donors (Lipinski definition) is 3. The predicted octanol–water partition coefficient (Wildman–Crippen LogP) is 16.5. The van der Waals surface area contributed by atoms with Gasteiger partial charge in [-0.25, -0.2) is 0 Å². The molecule has 61 heavy (non-hydrogen) atoms. The van der Waals surface area contributed by atoms with Crippen molar-refractivity contribution in [3.8, 4) is 0 Å². The minimum Gasteiger partial charge on any atom is -0.462 e. The minimum absolute atomic E-state index is 0.0639. The molecule has 0 aromatic carbocycles. The van der Waals surface area contributed by atoms with Gasteiger partial charge in [0.2, 0.25) is 5.91 Å². The molecule has 3 unspecified atom stereocenters. The SMILES string of the molecule is CCCCCCCCC/C=C\CCCC(CC(=O)NC(CO)C(O)CCCCCCCCCCCCCCCCCCC)OC(=O)CCCCCCCCCCCCCCC. The number of unbranched alkanes of at least 4 members (excludes halogenated alkanes) is 36. The van der Waals surface area contributed by atoms with Crippen molar-refractivity contribution in [2.75, 3.05) is 6.61 Å². The van der Waals surface area contributed by atoms with E-state index in [1.165, 1.54) is 205 Å². The lowest BCUT2D eigenvalue weighted by Crippen LogP contribution is -2.46. The monoisotopic (exact) mass is 862 g/mol. The first kappa shape index (κ1) is 59.6. The Balaban J connectivity index is 4.47. The summed E-state index contributed by atoms with van der Waals surface area (Å²) < 4.78 is 5.92. The van der Waals surface area contributed by atoms with Crippen molar-refractivity contribution in [3.63, 3.8) is 0 Å². The van der Waals surface area contributed by atoms with Gasteiger partial charge in [-0.2, -0.15) is 0 Å². The number of esters is 1. The van der Waals surface area contributed by atoms with E-state index >= 15 is 0 Å². The van der Waals surface area contributed by atoms with E-state index in [1.807, 2.05) is 0 Å². The summed E-state index contributed by atoms with van der Waals surface area (Å²) in [5.74, 6) is -0.485. The molecule has 0 rings (SSSR count). The van der Waals surface area contributed by atoms with E-state index in [-0.39, 0.29) is 24.9 Å². The van der Waals surface area contributed by atoms with Gasteiger partial charge < -0.3 is 20.3 Å². The molecule has 0 spiro atoms. The molecule has 0 aliphatic carbocycles. The largest absolute Gasteiger partial charge is 0.462 e. The number of rotatable bonds is 50. The van der Waals surface area contributed by atoms with Crippen LogP contribution in [0.3, 0.4) is 0 Å². The topological polar surface area (TPSA) is 95.9 Å². The Morgan fingerprint density at radius 3 is 1.20 bits per heavy atom. The molecule has 0 bridgehead atoms. The summed E-state index contributed by atoms with van der Waals surface area (Å²) in [7, 11) is 0. The van der Waals surface area contributed by atoms with Gasteiger partial charge >= 0.3 is 5.97 Å². The second kappa shape index (κ2) is 49.6. The van der Waals surface area contributed by atoms with Crippen molar-refractivity contribution in [3.05, 3.63) is 12.2 Å². The third kappa shape index (κ3) is 45.0. The van der Waals surface area contributed by atoms with E-state index in [2.05, 4.69) is 38.2 Å². The van der Waals surface area contributed by atoms with E-state index in [4.69, 9.17) is 4.74 Å². The smallest absolute Gasteiger partial charge is 0.306 e. The Morgan fingerprint density at radius 2 is 0.803 bits per heavy atom. The molecule has 0 saturated carbocycles. The lowest BCUT2D eigenvalue weighted by molar-refractivity contribution is -0.151. The molecule has 6 heteroatoms. The molecule has 0 radical (unpaired) electrons. The summed E-state index contributed by atoms with van der Waals surface area (Å²) in [5.41, 5.74) is 0. The minimum atomic E-state index is -0.789. The molecule has 362 valence electrons. The fraction of sp³-hybridized carbons (Fsp3) is 0.927. The number of amides is 1. The number of hydrogen-bond acceptors (Lipinski definition) is 5. The average Bonchev–Trinajstić information content (AvgIpc) is 3.25. The van der Waals surface area contributed by atoms with Crippen molar-refractivity contribution in [2.45, 2.75) is 322 Å². The van der Waals surface area contributed by atoms with E-state index in [0.717, 1.165) is 51.4 Å². The lowest BCUT2D eigenvalue weighted by Gasteiger charge is -2.24. The summed E-state index contributed by atoms with van der Waals surface area (Å²) in [6.07, 6.45) is 55.6. The third-order valence-corrected chi connectivity index (χ3v) is 12.8. The van der Waals surface area contributed by atoms with Crippen LogP contribution in [0.4, 0.5) is 0 Å². The molecule has 0 aliphatic rings. The molecular weight excluding hydrogens is 755 g/mol. The summed E-state index contributed by atoms with van der Waals surface area (Å²) in [6.45, 7) is 6.50. The zero-order chi connectivity index (χ0) is 44.5. The van der Waals surface area contributed by atoms with Gasteiger partial charge in [-0.15, -0.1) is 0 Å². The highest BCUT2D eigenvalue weighted by Gasteiger charge is 2.24. The predicted molar refractivity (Wildman–Crippen MR) is 264 cm³/mol. The first-order valence-electron chi connectivity index (χ1n) is 27.4. The zero-order valence-corrected chi connectivity index (χ0v) is 41.3. The molecule has 0 heterocycles. The van der Waals surface area contributed by atoms with Crippen LogP contribution < -0.4 is 5.32 Å². The van der Waals surface area contributed by atoms with Crippen LogP contribution in [0.1, 0.15) is 303 Å². The number of allylic oxidation sites excluding steroid dienone is 2. The average molecular weight is 862 g/mol. The molecule has 0 aromatic rings. The normalized spacial score (nSPS) is 13.2. The fourth-order valence-corrected chi connectivity index (χ4v) is 8.67. The van der Waals surface area contributed by atoms with Crippen LogP contribution in [0.25, 0.3) is 0 Å². The quantitative estimate of drug-likeness (QED) is 0.0322. The Hall–Kier alpha value is -1.40. The van der Waals surface area contributed by atoms with Crippen LogP contribution in [0.2, 0.25) is 0 Å². The van der Waals surface area contributed by atoms with Gasteiger partial charge in [0.05, 0.1) is 25.2 Å². The number of nitrogens with one attached hydrogen (secondary N) is 1. The van der Waals surface area contributed by atoms with Crippen molar-refractivity contribution >= 4 is 11.9 Å². The second-order valence-electron chi connectivity index (χ2n) is 19.0. The van der Waals surface area contributed by atoms with Gasteiger partial charge in [0.15, 0.2) is 0 Å².